The molecular weight excluding hydrogens is 268 g/mol. The van der Waals surface area contributed by atoms with Crippen LogP contribution in [0, 0.1) is 10.1 Å². The molecule has 0 fully saturated rings. The first-order chi connectivity index (χ1) is 8.31. The number of nitrogens with one attached hydrogen (secondary N) is 1. The normalized spacial score (nSPS) is 11.0. The van der Waals surface area contributed by atoms with E-state index in [1.807, 2.05) is 0 Å². The first kappa shape index (κ1) is 14.0. The summed E-state index contributed by atoms with van der Waals surface area (Å²) >= 11 is 0. The van der Waals surface area contributed by atoms with Crippen LogP contribution in [0.5, 0.6) is 0 Å². The van der Waals surface area contributed by atoms with Crippen molar-refractivity contribution in [3.63, 3.8) is 0 Å². The topological polar surface area (TPSA) is 136 Å². The molecule has 0 atom stereocenters. The van der Waals surface area contributed by atoms with E-state index in [0.717, 1.165) is 24.1 Å². The summed E-state index contributed by atoms with van der Waals surface area (Å²) < 4.78 is 26.9. The summed E-state index contributed by atoms with van der Waals surface area (Å²) in [4.78, 5) is 21.3. The Balaban J connectivity index is 3.50. The minimum atomic E-state index is -4.33. The number of ether oxygens (including phenoxy) is 1. The van der Waals surface area contributed by atoms with E-state index in [-0.39, 0.29) is 5.56 Å². The molecule has 0 aromatic heterocycles. The molecule has 1 aromatic rings. The molecule has 98 valence electrons. The molecule has 0 amide bonds. The molecule has 0 aliphatic heterocycles. The molecule has 1 aromatic carbocycles. The number of hydrogen-bond donors (Lipinski definition) is 2. The van der Waals surface area contributed by atoms with Crippen molar-refractivity contribution in [2.75, 3.05) is 7.11 Å². The van der Waals surface area contributed by atoms with Crippen LogP contribution in [-0.2, 0) is 14.8 Å². The molecular formula is C8H8N2O7S. The number of nitro benzene ring substituents is 1. The maximum absolute atomic E-state index is 11.3. The van der Waals surface area contributed by atoms with Crippen LogP contribution in [0.15, 0.2) is 23.1 Å². The third kappa shape index (κ3) is 2.80. The third-order valence-electron chi connectivity index (χ3n) is 1.95. The van der Waals surface area contributed by atoms with Gasteiger partial charge in [0.05, 0.1) is 22.5 Å². The number of benzene rings is 1. The predicted octanol–water partition coefficient (Wildman–Crippen LogP) is 0.0489. The van der Waals surface area contributed by atoms with Crippen molar-refractivity contribution >= 4 is 21.7 Å². The molecule has 0 aliphatic carbocycles. The summed E-state index contributed by atoms with van der Waals surface area (Å²) in [6.45, 7) is 0. The van der Waals surface area contributed by atoms with Crippen LogP contribution in [0.4, 0.5) is 5.69 Å². The maximum Gasteiger partial charge on any atom is 0.338 e. The van der Waals surface area contributed by atoms with Gasteiger partial charge in [-0.2, -0.15) is 0 Å². The molecule has 0 saturated heterocycles. The summed E-state index contributed by atoms with van der Waals surface area (Å²) in [5, 5.41) is 19.0. The second-order valence-corrected chi connectivity index (χ2v) is 4.72. The molecule has 1 rings (SSSR count). The quantitative estimate of drug-likeness (QED) is 0.450. The number of nitro groups is 1. The van der Waals surface area contributed by atoms with Gasteiger partial charge in [0.2, 0.25) is 0 Å². The molecule has 18 heavy (non-hydrogen) atoms. The molecule has 0 saturated carbocycles. The molecule has 0 radical (unpaired) electrons. The van der Waals surface area contributed by atoms with Crippen LogP contribution in [0.1, 0.15) is 10.4 Å². The summed E-state index contributed by atoms with van der Waals surface area (Å²) in [5.41, 5.74) is -0.938. The first-order valence-electron chi connectivity index (χ1n) is 4.35. The summed E-state index contributed by atoms with van der Waals surface area (Å²) in [5.74, 6) is -0.937. The van der Waals surface area contributed by atoms with Gasteiger partial charge in [0.15, 0.2) is 0 Å². The fourth-order valence-electron chi connectivity index (χ4n) is 1.13. The number of sulfonamides is 1. The zero-order chi connectivity index (χ0) is 13.9. The van der Waals surface area contributed by atoms with Crippen LogP contribution in [-0.4, -0.2) is 31.6 Å². The van der Waals surface area contributed by atoms with E-state index in [1.54, 1.807) is 0 Å². The van der Waals surface area contributed by atoms with Crippen molar-refractivity contribution in [3.05, 3.63) is 33.9 Å². The summed E-state index contributed by atoms with van der Waals surface area (Å²) in [6, 6.07) is 2.41. The average Bonchev–Trinajstić information content (AvgIpc) is 2.37. The highest BCUT2D eigenvalue weighted by Gasteiger charge is 2.21. The SMILES string of the molecule is COC(=O)c1cc([N+](=O)[O-])cc(S(=O)(=O)NO)c1. The summed E-state index contributed by atoms with van der Waals surface area (Å²) in [7, 11) is -3.28. The van der Waals surface area contributed by atoms with E-state index in [0.29, 0.717) is 6.07 Å². The van der Waals surface area contributed by atoms with Crippen molar-refractivity contribution in [2.24, 2.45) is 0 Å². The maximum atomic E-state index is 11.3. The van der Waals surface area contributed by atoms with E-state index in [1.165, 1.54) is 0 Å². The van der Waals surface area contributed by atoms with Gasteiger partial charge in [0.25, 0.3) is 15.7 Å². The van der Waals surface area contributed by atoms with Crippen molar-refractivity contribution in [2.45, 2.75) is 4.90 Å². The summed E-state index contributed by atoms with van der Waals surface area (Å²) in [6.07, 6.45) is 0. The molecule has 0 heterocycles. The van der Waals surface area contributed by atoms with E-state index in [9.17, 15) is 23.3 Å². The lowest BCUT2D eigenvalue weighted by atomic mass is 10.2. The molecule has 0 spiro atoms. The highest BCUT2D eigenvalue weighted by molar-refractivity contribution is 7.89. The molecule has 9 nitrogen and oxygen atoms in total. The lowest BCUT2D eigenvalue weighted by Gasteiger charge is -2.04. The number of esters is 1. The molecule has 0 unspecified atom stereocenters. The van der Waals surface area contributed by atoms with Gasteiger partial charge < -0.3 is 9.94 Å². The van der Waals surface area contributed by atoms with Gasteiger partial charge in [0, 0.05) is 12.1 Å². The zero-order valence-corrected chi connectivity index (χ0v) is 9.80. The van der Waals surface area contributed by atoms with Crippen LogP contribution in [0.2, 0.25) is 0 Å². The Hall–Kier alpha value is -2.04. The fourth-order valence-corrected chi connectivity index (χ4v) is 1.80. The van der Waals surface area contributed by atoms with Gasteiger partial charge in [0.1, 0.15) is 0 Å². The Morgan fingerprint density at radius 1 is 1.44 bits per heavy atom. The smallest absolute Gasteiger partial charge is 0.338 e. The fraction of sp³-hybridized carbons (Fsp3) is 0.125. The largest absolute Gasteiger partial charge is 0.465 e. The van der Waals surface area contributed by atoms with Gasteiger partial charge in [-0.15, -0.1) is 0 Å². The van der Waals surface area contributed by atoms with Gasteiger partial charge in [-0.3, -0.25) is 10.1 Å². The number of methoxy groups -OCH3 is 1. The van der Waals surface area contributed by atoms with E-state index >= 15 is 0 Å². The van der Waals surface area contributed by atoms with Gasteiger partial charge in [-0.1, -0.05) is 4.89 Å². The van der Waals surface area contributed by atoms with E-state index in [4.69, 9.17) is 5.21 Å². The van der Waals surface area contributed by atoms with E-state index < -0.39 is 31.5 Å². The van der Waals surface area contributed by atoms with Gasteiger partial charge in [-0.25, -0.2) is 13.2 Å². The van der Waals surface area contributed by atoms with Gasteiger partial charge in [-0.05, 0) is 6.07 Å². The van der Waals surface area contributed by atoms with Crippen molar-refractivity contribution in [1.29, 1.82) is 0 Å². The zero-order valence-electron chi connectivity index (χ0n) is 8.98. The Morgan fingerprint density at radius 2 is 2.06 bits per heavy atom. The second-order valence-electron chi connectivity index (χ2n) is 3.06. The lowest BCUT2D eigenvalue weighted by molar-refractivity contribution is -0.385. The van der Waals surface area contributed by atoms with E-state index in [2.05, 4.69) is 4.74 Å². The molecule has 0 bridgehead atoms. The number of nitrogens with zero attached hydrogens (tertiary/aromatic N) is 1. The Labute approximate surface area is 101 Å². The van der Waals surface area contributed by atoms with Crippen molar-refractivity contribution in [1.82, 2.24) is 4.89 Å². The van der Waals surface area contributed by atoms with Crippen LogP contribution >= 0.6 is 0 Å². The number of carbonyl (C=O) groups excluding carboxylic acids is 1. The Morgan fingerprint density at radius 3 is 2.50 bits per heavy atom. The Bertz CT molecular complexity index is 595. The van der Waals surface area contributed by atoms with Crippen LogP contribution in [0.3, 0.4) is 0 Å². The molecule has 0 aliphatic rings. The lowest BCUT2D eigenvalue weighted by Crippen LogP contribution is -2.20. The van der Waals surface area contributed by atoms with Crippen molar-refractivity contribution < 1.29 is 28.1 Å². The molecule has 10 heteroatoms. The predicted molar refractivity (Wildman–Crippen MR) is 56.5 cm³/mol. The number of hydrogen-bond acceptors (Lipinski definition) is 7. The number of rotatable bonds is 4. The van der Waals surface area contributed by atoms with Crippen molar-refractivity contribution in [3.8, 4) is 0 Å². The highest BCUT2D eigenvalue weighted by atomic mass is 32.2. The number of carbonyl (C=O) groups is 1. The van der Waals surface area contributed by atoms with Crippen LogP contribution < -0.4 is 4.89 Å². The second kappa shape index (κ2) is 5.08. The number of non-ortho nitro benzene ring substituents is 1. The third-order valence-corrected chi connectivity index (χ3v) is 3.05. The molecule has 2 N–H and O–H groups in total. The monoisotopic (exact) mass is 276 g/mol. The van der Waals surface area contributed by atoms with Gasteiger partial charge >= 0.3 is 5.97 Å². The standard InChI is InChI=1S/C8H8N2O7S/c1-17-8(11)5-2-6(10(13)14)4-7(3-5)18(15,16)9-12/h2-4,9,12H,1H3. The van der Waals surface area contributed by atoms with Crippen LogP contribution in [0.25, 0.3) is 0 Å². The first-order valence-corrected chi connectivity index (χ1v) is 5.84. The highest BCUT2D eigenvalue weighted by Crippen LogP contribution is 2.21. The Kier molecular flexibility index (Phi) is 3.96. The minimum absolute atomic E-state index is 0.319. The average molecular weight is 276 g/mol. The minimum Gasteiger partial charge on any atom is -0.465 e.